The van der Waals surface area contributed by atoms with Gasteiger partial charge < -0.3 is 14.6 Å². The molecule has 0 bridgehead atoms. The smallest absolute Gasteiger partial charge is 0.253 e. The van der Waals surface area contributed by atoms with Gasteiger partial charge >= 0.3 is 0 Å². The van der Waals surface area contributed by atoms with Gasteiger partial charge in [-0.15, -0.1) is 0 Å². The van der Waals surface area contributed by atoms with Gasteiger partial charge in [0.1, 0.15) is 5.65 Å². The maximum Gasteiger partial charge on any atom is 0.253 e. The van der Waals surface area contributed by atoms with E-state index in [1.54, 1.807) is 6.20 Å². The van der Waals surface area contributed by atoms with E-state index in [-0.39, 0.29) is 11.8 Å². The number of hydrogen-bond donors (Lipinski definition) is 1. The molecule has 0 atom stereocenters. The molecule has 0 aliphatic carbocycles. The van der Waals surface area contributed by atoms with Crippen molar-refractivity contribution in [1.82, 2.24) is 19.6 Å². The Morgan fingerprint density at radius 2 is 1.80 bits per heavy atom. The lowest BCUT2D eigenvalue weighted by Gasteiger charge is -2.32. The van der Waals surface area contributed by atoms with E-state index in [2.05, 4.69) is 10.3 Å². The van der Waals surface area contributed by atoms with Gasteiger partial charge in [-0.25, -0.2) is 4.98 Å². The maximum atomic E-state index is 12.5. The third-order valence-corrected chi connectivity index (χ3v) is 5.90. The van der Waals surface area contributed by atoms with E-state index < -0.39 is 0 Å². The van der Waals surface area contributed by atoms with Crippen LogP contribution in [0.2, 0.25) is 0 Å². The van der Waals surface area contributed by atoms with E-state index in [1.165, 1.54) is 0 Å². The minimum atomic E-state index is -0.0432. The number of unbranched alkanes of at least 4 members (excludes halogenated alkanes) is 1. The first-order chi connectivity index (χ1) is 14.7. The molecule has 0 spiro atoms. The molecule has 2 amide bonds. The van der Waals surface area contributed by atoms with Crippen molar-refractivity contribution in [3.63, 3.8) is 0 Å². The molecule has 2 aromatic heterocycles. The van der Waals surface area contributed by atoms with Crippen molar-refractivity contribution in [2.24, 2.45) is 5.92 Å². The second-order valence-electron chi connectivity index (χ2n) is 7.96. The molecule has 1 aliphatic rings. The van der Waals surface area contributed by atoms with Crippen LogP contribution in [0.4, 0.5) is 0 Å². The molecule has 1 aromatic carbocycles. The number of fused-ring (bicyclic) bond motifs is 1. The summed E-state index contributed by atoms with van der Waals surface area (Å²) in [6.07, 6.45) is 10.7. The van der Waals surface area contributed by atoms with Crippen LogP contribution < -0.4 is 5.32 Å². The third kappa shape index (κ3) is 4.87. The second-order valence-corrected chi connectivity index (χ2v) is 7.96. The van der Waals surface area contributed by atoms with Crippen LogP contribution in [-0.4, -0.2) is 45.7 Å². The SMILES string of the molecule is O=C(NCCCCC1CCN(C(=O)c2ccccc2)CC1)c1ccc2nccn2c1. The van der Waals surface area contributed by atoms with E-state index in [0.717, 1.165) is 56.4 Å². The topological polar surface area (TPSA) is 66.7 Å². The number of nitrogens with zero attached hydrogens (tertiary/aromatic N) is 3. The molecule has 1 saturated heterocycles. The molecule has 0 unspecified atom stereocenters. The van der Waals surface area contributed by atoms with Crippen molar-refractivity contribution in [2.45, 2.75) is 32.1 Å². The first-order valence-electron chi connectivity index (χ1n) is 10.8. The van der Waals surface area contributed by atoms with Crippen LogP contribution in [0.25, 0.3) is 5.65 Å². The molecule has 156 valence electrons. The Labute approximate surface area is 176 Å². The predicted octanol–water partition coefficient (Wildman–Crippen LogP) is 3.79. The Kier molecular flexibility index (Phi) is 6.42. The molecule has 0 radical (unpaired) electrons. The lowest BCUT2D eigenvalue weighted by Crippen LogP contribution is -2.38. The number of nitrogens with one attached hydrogen (secondary N) is 1. The van der Waals surface area contributed by atoms with Crippen molar-refractivity contribution in [3.05, 3.63) is 72.2 Å². The number of amides is 2. The Hall–Kier alpha value is -3.15. The van der Waals surface area contributed by atoms with Crippen LogP contribution in [0.15, 0.2) is 61.1 Å². The van der Waals surface area contributed by atoms with Crippen LogP contribution in [-0.2, 0) is 0 Å². The quantitative estimate of drug-likeness (QED) is 0.610. The highest BCUT2D eigenvalue weighted by Gasteiger charge is 2.23. The van der Waals surface area contributed by atoms with Gasteiger partial charge in [0.15, 0.2) is 0 Å². The van der Waals surface area contributed by atoms with Gasteiger partial charge in [-0.3, -0.25) is 9.59 Å². The highest BCUT2D eigenvalue weighted by molar-refractivity contribution is 5.94. The van der Waals surface area contributed by atoms with Gasteiger partial charge in [0, 0.05) is 43.8 Å². The minimum absolute atomic E-state index is 0.0432. The van der Waals surface area contributed by atoms with Crippen LogP contribution in [0.1, 0.15) is 52.8 Å². The summed E-state index contributed by atoms with van der Waals surface area (Å²) in [5, 5.41) is 3.01. The third-order valence-electron chi connectivity index (χ3n) is 5.90. The van der Waals surface area contributed by atoms with Crippen LogP contribution in [0, 0.1) is 5.92 Å². The largest absolute Gasteiger partial charge is 0.352 e. The molecule has 4 rings (SSSR count). The second kappa shape index (κ2) is 9.57. The van der Waals surface area contributed by atoms with Gasteiger partial charge in [0.05, 0.1) is 5.56 Å². The van der Waals surface area contributed by atoms with Crippen molar-refractivity contribution in [3.8, 4) is 0 Å². The van der Waals surface area contributed by atoms with Crippen LogP contribution >= 0.6 is 0 Å². The average molecular weight is 405 g/mol. The van der Waals surface area contributed by atoms with E-state index in [4.69, 9.17) is 0 Å². The standard InChI is InChI=1S/C24H28N4O2/c29-23(21-9-10-22-25-14-17-28(22)18-21)26-13-5-4-6-19-11-15-27(16-12-19)24(30)20-7-2-1-3-8-20/h1-3,7-10,14,17-19H,4-6,11-13,15-16H2,(H,26,29). The zero-order valence-corrected chi connectivity index (χ0v) is 17.2. The number of imidazole rings is 1. The molecule has 1 fully saturated rings. The molecular formula is C24H28N4O2. The van der Waals surface area contributed by atoms with Gasteiger partial charge in [0.2, 0.25) is 0 Å². The number of benzene rings is 1. The molecule has 0 saturated carbocycles. The molecule has 1 aliphatic heterocycles. The summed E-state index contributed by atoms with van der Waals surface area (Å²) < 4.78 is 1.85. The van der Waals surface area contributed by atoms with Crippen molar-refractivity contribution in [1.29, 1.82) is 0 Å². The molecule has 3 aromatic rings. The summed E-state index contributed by atoms with van der Waals surface area (Å²) in [5.74, 6) is 0.771. The Bertz CT molecular complexity index is 991. The van der Waals surface area contributed by atoms with Gasteiger partial charge in [-0.05, 0) is 49.4 Å². The fourth-order valence-electron chi connectivity index (χ4n) is 4.10. The molecule has 6 heteroatoms. The van der Waals surface area contributed by atoms with Gasteiger partial charge in [0.25, 0.3) is 11.8 Å². The van der Waals surface area contributed by atoms with Gasteiger partial charge in [-0.2, -0.15) is 0 Å². The lowest BCUT2D eigenvalue weighted by atomic mass is 9.91. The fraction of sp³-hybridized carbons (Fsp3) is 0.375. The van der Waals surface area contributed by atoms with Gasteiger partial charge in [-0.1, -0.05) is 31.0 Å². The highest BCUT2D eigenvalue weighted by Crippen LogP contribution is 2.23. The first-order valence-corrected chi connectivity index (χ1v) is 10.8. The monoisotopic (exact) mass is 404 g/mol. The van der Waals surface area contributed by atoms with Crippen LogP contribution in [0.3, 0.4) is 0 Å². The number of aromatic nitrogens is 2. The molecule has 1 N–H and O–H groups in total. The molecule has 30 heavy (non-hydrogen) atoms. The Morgan fingerprint density at radius 1 is 1.00 bits per heavy atom. The zero-order chi connectivity index (χ0) is 20.8. The molecule has 6 nitrogen and oxygen atoms in total. The summed E-state index contributed by atoms with van der Waals surface area (Å²) in [7, 11) is 0. The predicted molar refractivity (Wildman–Crippen MR) is 116 cm³/mol. The normalized spacial score (nSPS) is 14.7. The van der Waals surface area contributed by atoms with E-state index >= 15 is 0 Å². The molecular weight excluding hydrogens is 376 g/mol. The fourth-order valence-corrected chi connectivity index (χ4v) is 4.10. The Morgan fingerprint density at radius 3 is 2.60 bits per heavy atom. The zero-order valence-electron chi connectivity index (χ0n) is 17.2. The number of carbonyl (C=O) groups is 2. The van der Waals surface area contributed by atoms with Crippen molar-refractivity contribution >= 4 is 17.5 Å². The van der Waals surface area contributed by atoms with Crippen molar-refractivity contribution < 1.29 is 9.59 Å². The van der Waals surface area contributed by atoms with E-state index in [1.807, 2.05) is 64.2 Å². The number of rotatable bonds is 7. The summed E-state index contributed by atoms with van der Waals surface area (Å²) in [6, 6.07) is 13.2. The molecule has 3 heterocycles. The number of hydrogen-bond acceptors (Lipinski definition) is 3. The van der Waals surface area contributed by atoms with Crippen LogP contribution in [0.5, 0.6) is 0 Å². The first kappa shape index (κ1) is 20.1. The van der Waals surface area contributed by atoms with E-state index in [0.29, 0.717) is 18.0 Å². The van der Waals surface area contributed by atoms with E-state index in [9.17, 15) is 9.59 Å². The summed E-state index contributed by atoms with van der Waals surface area (Å²) in [5.41, 5.74) is 2.26. The Balaban J connectivity index is 1.13. The van der Waals surface area contributed by atoms with Crippen molar-refractivity contribution in [2.75, 3.05) is 19.6 Å². The summed E-state index contributed by atoms with van der Waals surface area (Å²) in [4.78, 5) is 31.0. The number of piperidine rings is 1. The summed E-state index contributed by atoms with van der Waals surface area (Å²) >= 11 is 0. The summed E-state index contributed by atoms with van der Waals surface area (Å²) in [6.45, 7) is 2.36. The number of likely N-dealkylation sites (tertiary alicyclic amines) is 1. The minimum Gasteiger partial charge on any atom is -0.352 e. The lowest BCUT2D eigenvalue weighted by molar-refractivity contribution is 0.0686. The maximum absolute atomic E-state index is 12.5. The highest BCUT2D eigenvalue weighted by atomic mass is 16.2. The number of carbonyl (C=O) groups excluding carboxylic acids is 2. The average Bonchev–Trinajstić information content (AvgIpc) is 3.27. The number of pyridine rings is 1.